The fraction of sp³-hybridized carbons (Fsp3) is 0.391. The first-order valence-corrected chi connectivity index (χ1v) is 11.5. The molecule has 2 aliphatic carbocycles. The number of hydrogen-bond donors (Lipinski definition) is 1. The molecule has 2 aromatic carbocycles. The quantitative estimate of drug-likeness (QED) is 0.571. The van der Waals surface area contributed by atoms with Crippen LogP contribution in [-0.4, -0.2) is 17.2 Å². The Balaban J connectivity index is 1.46. The molecule has 2 bridgehead atoms. The molecule has 5 rings (SSSR count). The third-order valence-corrected chi connectivity index (χ3v) is 7.49. The second-order valence-electron chi connectivity index (χ2n) is 8.64. The number of nitrogens with one attached hydrogen (secondary N) is 1. The van der Waals surface area contributed by atoms with Crippen molar-refractivity contribution in [2.75, 3.05) is 5.01 Å². The molecule has 2 fully saturated rings. The van der Waals surface area contributed by atoms with E-state index in [2.05, 4.69) is 5.32 Å². The Bertz CT molecular complexity index is 1010. The number of halogens is 3. The molecular weight excluding hydrogens is 441 g/mol. The molecule has 7 heteroatoms. The standard InChI is InChI=1S/C23H22Cl3N3O/c24-16-3-1-15(2-4-16)21-12-19(22(30)27-23-9-7-14(13-23)8-10-23)28-29(21)20-6-5-17(25)11-18(20)26/h1-6,11,14,21H,7-10,12-13H2,(H,27,30). The van der Waals surface area contributed by atoms with Gasteiger partial charge in [-0.2, -0.15) is 5.10 Å². The number of hydrazone groups is 1. The summed E-state index contributed by atoms with van der Waals surface area (Å²) >= 11 is 18.7. The van der Waals surface area contributed by atoms with Gasteiger partial charge in [0.05, 0.1) is 16.8 Å². The molecule has 1 amide bonds. The van der Waals surface area contributed by atoms with E-state index in [-0.39, 0.29) is 17.5 Å². The first-order chi connectivity index (χ1) is 14.4. The predicted octanol–water partition coefficient (Wildman–Crippen LogP) is 6.40. The monoisotopic (exact) mass is 461 g/mol. The van der Waals surface area contributed by atoms with Gasteiger partial charge in [-0.1, -0.05) is 46.9 Å². The number of nitrogens with zero attached hydrogens (tertiary/aromatic N) is 2. The van der Waals surface area contributed by atoms with Crippen molar-refractivity contribution in [3.05, 3.63) is 63.1 Å². The zero-order valence-corrected chi connectivity index (χ0v) is 18.6. The molecule has 3 aliphatic rings. The highest BCUT2D eigenvalue weighted by Gasteiger charge is 2.46. The number of rotatable bonds is 4. The molecule has 1 aliphatic heterocycles. The summed E-state index contributed by atoms with van der Waals surface area (Å²) in [5.74, 6) is 0.700. The molecule has 156 valence electrons. The molecule has 1 heterocycles. The first-order valence-electron chi connectivity index (χ1n) is 10.3. The Morgan fingerprint density at radius 3 is 2.37 bits per heavy atom. The minimum atomic E-state index is -0.140. The Hall–Kier alpha value is -1.75. The topological polar surface area (TPSA) is 44.7 Å². The number of fused-ring (bicyclic) bond motifs is 2. The van der Waals surface area contributed by atoms with Crippen LogP contribution in [0.3, 0.4) is 0 Å². The second-order valence-corrected chi connectivity index (χ2v) is 9.92. The van der Waals surface area contributed by atoms with Crippen molar-refractivity contribution < 1.29 is 4.79 Å². The van der Waals surface area contributed by atoms with Gasteiger partial charge in [0, 0.05) is 22.0 Å². The summed E-state index contributed by atoms with van der Waals surface area (Å²) in [5.41, 5.74) is 2.25. The summed E-state index contributed by atoms with van der Waals surface area (Å²) in [7, 11) is 0. The minimum absolute atomic E-state index is 0.0363. The van der Waals surface area contributed by atoms with Gasteiger partial charge >= 0.3 is 0 Å². The van der Waals surface area contributed by atoms with Gasteiger partial charge in [0.15, 0.2) is 0 Å². The Kier molecular flexibility index (Phi) is 5.20. The highest BCUT2D eigenvalue weighted by Crippen LogP contribution is 2.48. The molecule has 30 heavy (non-hydrogen) atoms. The van der Waals surface area contributed by atoms with Gasteiger partial charge < -0.3 is 5.32 Å². The smallest absolute Gasteiger partial charge is 0.268 e. The van der Waals surface area contributed by atoms with E-state index in [1.807, 2.05) is 35.3 Å². The van der Waals surface area contributed by atoms with Crippen molar-refractivity contribution in [2.24, 2.45) is 11.0 Å². The van der Waals surface area contributed by atoms with Crippen molar-refractivity contribution in [1.29, 1.82) is 0 Å². The normalized spacial score (nSPS) is 27.4. The Morgan fingerprint density at radius 2 is 1.73 bits per heavy atom. The van der Waals surface area contributed by atoms with Crippen LogP contribution in [0.4, 0.5) is 5.69 Å². The summed E-state index contributed by atoms with van der Waals surface area (Å²) in [4.78, 5) is 13.2. The number of anilines is 1. The van der Waals surface area contributed by atoms with E-state index in [4.69, 9.17) is 39.9 Å². The number of carbonyl (C=O) groups is 1. The molecule has 0 aromatic heterocycles. The first kappa shape index (κ1) is 20.2. The molecule has 0 saturated heterocycles. The average Bonchev–Trinajstić information content (AvgIpc) is 3.43. The zero-order valence-electron chi connectivity index (χ0n) is 16.4. The summed E-state index contributed by atoms with van der Waals surface area (Å²) in [6.45, 7) is 0. The maximum atomic E-state index is 13.2. The van der Waals surface area contributed by atoms with Crippen molar-refractivity contribution in [2.45, 2.75) is 50.1 Å². The van der Waals surface area contributed by atoms with Crippen LogP contribution in [-0.2, 0) is 4.79 Å². The summed E-state index contributed by atoms with van der Waals surface area (Å²) in [6, 6.07) is 12.8. The lowest BCUT2D eigenvalue weighted by Crippen LogP contribution is -2.47. The van der Waals surface area contributed by atoms with E-state index in [0.717, 1.165) is 36.4 Å². The van der Waals surface area contributed by atoms with E-state index < -0.39 is 0 Å². The van der Waals surface area contributed by atoms with Crippen LogP contribution in [0.15, 0.2) is 47.6 Å². The number of benzene rings is 2. The third-order valence-electron chi connectivity index (χ3n) is 6.70. The van der Waals surface area contributed by atoms with Crippen molar-refractivity contribution in [3.8, 4) is 0 Å². The van der Waals surface area contributed by atoms with E-state index in [9.17, 15) is 4.79 Å². The molecule has 2 aromatic rings. The lowest BCUT2D eigenvalue weighted by atomic mass is 9.93. The van der Waals surface area contributed by atoms with Gasteiger partial charge in [-0.25, -0.2) is 0 Å². The van der Waals surface area contributed by atoms with Gasteiger partial charge in [-0.15, -0.1) is 0 Å². The van der Waals surface area contributed by atoms with Gasteiger partial charge in [0.2, 0.25) is 0 Å². The molecule has 2 saturated carbocycles. The van der Waals surface area contributed by atoms with E-state index >= 15 is 0 Å². The van der Waals surface area contributed by atoms with E-state index in [1.54, 1.807) is 12.1 Å². The van der Waals surface area contributed by atoms with Crippen LogP contribution in [0.1, 0.15) is 50.1 Å². The van der Waals surface area contributed by atoms with Crippen molar-refractivity contribution >= 4 is 52.1 Å². The summed E-state index contributed by atoms with van der Waals surface area (Å²) in [5, 5.41) is 11.6. The number of carbonyl (C=O) groups excluding carboxylic acids is 1. The van der Waals surface area contributed by atoms with Gasteiger partial charge in [0.25, 0.3) is 5.91 Å². The SMILES string of the molecule is O=C(NC12CCC(CC1)C2)C1=NN(c2ccc(Cl)cc2Cl)C(c2ccc(Cl)cc2)C1. The maximum absolute atomic E-state index is 13.2. The summed E-state index contributed by atoms with van der Waals surface area (Å²) in [6.07, 6.45) is 6.18. The molecule has 0 radical (unpaired) electrons. The van der Waals surface area contributed by atoms with Gasteiger partial charge in [-0.3, -0.25) is 9.80 Å². The van der Waals surface area contributed by atoms with Crippen LogP contribution in [0.2, 0.25) is 15.1 Å². The van der Waals surface area contributed by atoms with E-state index in [0.29, 0.717) is 27.2 Å². The highest BCUT2D eigenvalue weighted by atomic mass is 35.5. The Morgan fingerprint density at radius 1 is 1.03 bits per heavy atom. The maximum Gasteiger partial charge on any atom is 0.268 e. The lowest BCUT2D eigenvalue weighted by Gasteiger charge is -2.27. The lowest BCUT2D eigenvalue weighted by molar-refractivity contribution is -0.116. The molecule has 4 nitrogen and oxygen atoms in total. The third kappa shape index (κ3) is 3.70. The Labute approximate surface area is 191 Å². The summed E-state index contributed by atoms with van der Waals surface area (Å²) < 4.78 is 0. The molecule has 0 spiro atoms. The molecule has 1 atom stereocenters. The number of amides is 1. The molecule has 1 N–H and O–H groups in total. The molecule has 1 unspecified atom stereocenters. The van der Waals surface area contributed by atoms with Gasteiger partial charge in [-0.05, 0) is 73.9 Å². The van der Waals surface area contributed by atoms with Crippen molar-refractivity contribution in [1.82, 2.24) is 5.32 Å². The fourth-order valence-electron chi connectivity index (χ4n) is 5.16. The van der Waals surface area contributed by atoms with Gasteiger partial charge in [0.1, 0.15) is 5.71 Å². The van der Waals surface area contributed by atoms with Crippen LogP contribution in [0.25, 0.3) is 0 Å². The van der Waals surface area contributed by atoms with Crippen LogP contribution in [0.5, 0.6) is 0 Å². The molecular formula is C23H22Cl3N3O. The number of hydrogen-bond acceptors (Lipinski definition) is 3. The highest BCUT2D eigenvalue weighted by molar-refractivity contribution is 6.40. The zero-order chi connectivity index (χ0) is 20.9. The fourth-order valence-corrected chi connectivity index (χ4v) is 5.78. The van der Waals surface area contributed by atoms with Crippen LogP contribution in [0, 0.1) is 5.92 Å². The largest absolute Gasteiger partial charge is 0.345 e. The van der Waals surface area contributed by atoms with Crippen molar-refractivity contribution in [3.63, 3.8) is 0 Å². The predicted molar refractivity (Wildman–Crippen MR) is 123 cm³/mol. The minimum Gasteiger partial charge on any atom is -0.345 e. The van der Waals surface area contributed by atoms with Crippen LogP contribution >= 0.6 is 34.8 Å². The van der Waals surface area contributed by atoms with Crippen LogP contribution < -0.4 is 10.3 Å². The van der Waals surface area contributed by atoms with E-state index in [1.165, 1.54) is 12.8 Å². The average molecular weight is 463 g/mol. The second kappa shape index (κ2) is 7.74.